The fourth-order valence-corrected chi connectivity index (χ4v) is 5.46. The number of benzene rings is 2. The number of rotatable bonds is 4. The number of hydrogen-bond donors (Lipinski definition) is 3. The van der Waals surface area contributed by atoms with Gasteiger partial charge in [0, 0.05) is 12.0 Å². The Bertz CT molecular complexity index is 1200. The van der Waals surface area contributed by atoms with Crippen molar-refractivity contribution in [2.45, 2.75) is 62.1 Å². The normalized spacial score (nSPS) is 31.2. The third kappa shape index (κ3) is 3.67. The Labute approximate surface area is 194 Å². The van der Waals surface area contributed by atoms with Crippen LogP contribution >= 0.6 is 0 Å². The number of imidazole rings is 1. The molecule has 6 atom stereocenters. The van der Waals surface area contributed by atoms with Crippen LogP contribution in [0, 0.1) is 11.6 Å². The number of aromatic amines is 1. The van der Waals surface area contributed by atoms with E-state index in [0.717, 1.165) is 31.2 Å². The topological polar surface area (TPSA) is 96.8 Å². The van der Waals surface area contributed by atoms with Gasteiger partial charge in [-0.3, -0.25) is 0 Å². The lowest BCUT2D eigenvalue weighted by Crippen LogP contribution is -2.34. The second-order valence-electron chi connectivity index (χ2n) is 9.39. The summed E-state index contributed by atoms with van der Waals surface area (Å²) in [6, 6.07) is 8.29. The summed E-state index contributed by atoms with van der Waals surface area (Å²) >= 11 is 0. The zero-order chi connectivity index (χ0) is 23.4. The summed E-state index contributed by atoms with van der Waals surface area (Å²) in [4.78, 5) is 7.03. The molecule has 6 rings (SSSR count). The molecule has 1 aromatic heterocycles. The highest BCUT2D eigenvalue weighted by Crippen LogP contribution is 2.37. The maximum Gasteiger partial charge on any atom is 0.295 e. The molecule has 9 heteroatoms. The van der Waals surface area contributed by atoms with Crippen molar-refractivity contribution in [2.24, 2.45) is 0 Å². The van der Waals surface area contributed by atoms with Crippen molar-refractivity contribution in [3.05, 3.63) is 47.5 Å². The minimum Gasteiger partial charge on any atom is -0.456 e. The van der Waals surface area contributed by atoms with E-state index in [-0.39, 0.29) is 47.8 Å². The first-order chi connectivity index (χ1) is 16.5. The Morgan fingerprint density at radius 3 is 2.53 bits per heavy atom. The molecule has 1 aliphatic carbocycles. The summed E-state index contributed by atoms with van der Waals surface area (Å²) in [5.74, 6) is -1.44. The number of hydrogen-bond acceptors (Lipinski definition) is 6. The van der Waals surface area contributed by atoms with Gasteiger partial charge in [-0.2, -0.15) is 4.98 Å². The summed E-state index contributed by atoms with van der Waals surface area (Å²) < 4.78 is 47.3. The van der Waals surface area contributed by atoms with Crippen LogP contribution in [0.5, 0.6) is 6.01 Å². The molecule has 180 valence electrons. The van der Waals surface area contributed by atoms with E-state index in [0.29, 0.717) is 5.56 Å². The predicted molar refractivity (Wildman–Crippen MR) is 119 cm³/mol. The summed E-state index contributed by atoms with van der Waals surface area (Å²) in [6.45, 7) is 0.366. The summed E-state index contributed by atoms with van der Waals surface area (Å²) in [6.07, 6.45) is 1.24. The lowest BCUT2D eigenvalue weighted by atomic mass is 9.81. The average Bonchev–Trinajstić information content (AvgIpc) is 3.52. The number of nitrogens with one attached hydrogen (secondary N) is 1. The molecule has 2 aliphatic heterocycles. The van der Waals surface area contributed by atoms with Crippen molar-refractivity contribution >= 4 is 11.0 Å². The zero-order valence-electron chi connectivity index (χ0n) is 18.4. The lowest BCUT2D eigenvalue weighted by Gasteiger charge is -2.28. The number of aromatic nitrogens is 2. The highest BCUT2D eigenvalue weighted by atomic mass is 19.1. The van der Waals surface area contributed by atoms with Crippen LogP contribution in [0.15, 0.2) is 30.3 Å². The smallest absolute Gasteiger partial charge is 0.295 e. The molecular weight excluding hydrogens is 446 g/mol. The van der Waals surface area contributed by atoms with Crippen LogP contribution in [0.25, 0.3) is 22.2 Å². The molecule has 2 saturated heterocycles. The number of aliphatic hydroxyl groups excluding tert-OH is 2. The van der Waals surface area contributed by atoms with Gasteiger partial charge < -0.3 is 29.4 Å². The Kier molecular flexibility index (Phi) is 5.52. The number of H-pyrrole nitrogens is 1. The standard InChI is InChI=1S/C25H26F2N2O5/c26-15-9-16-22(29-25(28-16)34-19-11-33-23-18(31)10-32-24(19)23)21(27)20(15)13-7-5-12(6-8-13)14-3-1-2-4-17(14)30/h5-9,14,17-19,23-24,30-31H,1-4,10-11H2,(H,28,29)/t14-,17+,18-,19-,23-,24-/m1/s1. The monoisotopic (exact) mass is 472 g/mol. The summed E-state index contributed by atoms with van der Waals surface area (Å²) in [7, 11) is 0. The van der Waals surface area contributed by atoms with Crippen molar-refractivity contribution in [2.75, 3.05) is 13.2 Å². The Morgan fingerprint density at radius 2 is 1.74 bits per heavy atom. The maximum atomic E-state index is 15.4. The van der Waals surface area contributed by atoms with Crippen LogP contribution in [0.3, 0.4) is 0 Å². The lowest BCUT2D eigenvalue weighted by molar-refractivity contribution is 0.00706. The van der Waals surface area contributed by atoms with Crippen molar-refractivity contribution in [3.8, 4) is 17.1 Å². The van der Waals surface area contributed by atoms with Crippen molar-refractivity contribution in [3.63, 3.8) is 0 Å². The molecule has 3 aliphatic rings. The molecule has 0 radical (unpaired) electrons. The Morgan fingerprint density at radius 1 is 0.971 bits per heavy atom. The van der Waals surface area contributed by atoms with E-state index < -0.39 is 36.1 Å². The van der Waals surface area contributed by atoms with E-state index in [9.17, 15) is 14.6 Å². The van der Waals surface area contributed by atoms with Gasteiger partial charge in [0.1, 0.15) is 29.6 Å². The number of halogens is 2. The predicted octanol–water partition coefficient (Wildman–Crippen LogP) is 3.43. The molecule has 34 heavy (non-hydrogen) atoms. The van der Waals surface area contributed by atoms with E-state index in [4.69, 9.17) is 14.2 Å². The molecule has 0 bridgehead atoms. The molecule has 7 nitrogen and oxygen atoms in total. The van der Waals surface area contributed by atoms with Gasteiger partial charge in [-0.15, -0.1) is 0 Å². The third-order valence-corrected chi connectivity index (χ3v) is 7.25. The van der Waals surface area contributed by atoms with Gasteiger partial charge in [-0.05, 0) is 24.0 Å². The van der Waals surface area contributed by atoms with Crippen LogP contribution < -0.4 is 4.74 Å². The number of fused-ring (bicyclic) bond motifs is 2. The first-order valence-corrected chi connectivity index (χ1v) is 11.7. The molecule has 0 spiro atoms. The minimum atomic E-state index is -0.778. The van der Waals surface area contributed by atoms with E-state index >= 15 is 4.39 Å². The number of nitrogens with zero attached hydrogens (tertiary/aromatic N) is 1. The first kappa shape index (κ1) is 21.9. The number of ether oxygens (including phenoxy) is 3. The molecule has 3 N–H and O–H groups in total. The molecule has 2 aromatic carbocycles. The van der Waals surface area contributed by atoms with Gasteiger partial charge in [0.25, 0.3) is 6.01 Å². The van der Waals surface area contributed by atoms with Crippen molar-refractivity contribution in [1.29, 1.82) is 0 Å². The van der Waals surface area contributed by atoms with E-state index in [1.807, 2.05) is 12.1 Å². The van der Waals surface area contributed by atoms with Crippen molar-refractivity contribution < 1.29 is 33.2 Å². The molecule has 3 fully saturated rings. The van der Waals surface area contributed by atoms with Gasteiger partial charge in [-0.1, -0.05) is 37.1 Å². The van der Waals surface area contributed by atoms with Crippen LogP contribution in [0.2, 0.25) is 0 Å². The second-order valence-corrected chi connectivity index (χ2v) is 9.39. The molecular formula is C25H26F2N2O5. The summed E-state index contributed by atoms with van der Waals surface area (Å²) in [5.41, 5.74) is 1.37. The van der Waals surface area contributed by atoms with Gasteiger partial charge in [0.2, 0.25) is 0 Å². The Hall–Kier alpha value is -2.59. The third-order valence-electron chi connectivity index (χ3n) is 7.25. The SMILES string of the molecule is O[C@@H]1CO[C@H]2[C@@H]1OC[C@H]2Oc1nc2c(F)c(-c3ccc([C@H]4CCCC[C@@H]4O)cc3)c(F)cc2[nH]1. The highest BCUT2D eigenvalue weighted by molar-refractivity contribution is 5.84. The first-order valence-electron chi connectivity index (χ1n) is 11.7. The molecule has 1 saturated carbocycles. The van der Waals surface area contributed by atoms with Crippen molar-refractivity contribution in [1.82, 2.24) is 9.97 Å². The molecule has 0 unspecified atom stereocenters. The van der Waals surface area contributed by atoms with E-state index in [1.54, 1.807) is 12.1 Å². The maximum absolute atomic E-state index is 15.4. The minimum absolute atomic E-state index is 0.0268. The quantitative estimate of drug-likeness (QED) is 0.539. The van der Waals surface area contributed by atoms with Crippen LogP contribution in [0.4, 0.5) is 8.78 Å². The summed E-state index contributed by atoms with van der Waals surface area (Å²) in [5, 5.41) is 20.2. The highest BCUT2D eigenvalue weighted by Gasteiger charge is 2.48. The van der Waals surface area contributed by atoms with Gasteiger partial charge in [-0.25, -0.2) is 8.78 Å². The van der Waals surface area contributed by atoms with Crippen LogP contribution in [0.1, 0.15) is 37.2 Å². The second kappa shape index (κ2) is 8.57. The fraction of sp³-hybridized carbons (Fsp3) is 0.480. The van der Waals surface area contributed by atoms with E-state index in [2.05, 4.69) is 9.97 Å². The van der Waals surface area contributed by atoms with Gasteiger partial charge in [0.05, 0.1) is 30.4 Å². The number of aliphatic hydroxyl groups is 2. The van der Waals surface area contributed by atoms with Gasteiger partial charge >= 0.3 is 0 Å². The molecule has 3 heterocycles. The van der Waals surface area contributed by atoms with Gasteiger partial charge in [0.15, 0.2) is 11.9 Å². The molecule has 3 aromatic rings. The van der Waals surface area contributed by atoms with Crippen LogP contribution in [-0.2, 0) is 9.47 Å². The Balaban J connectivity index is 1.27. The average molecular weight is 472 g/mol. The molecule has 0 amide bonds. The van der Waals surface area contributed by atoms with Crippen LogP contribution in [-0.4, -0.2) is 63.9 Å². The van der Waals surface area contributed by atoms with E-state index in [1.165, 1.54) is 6.07 Å². The zero-order valence-corrected chi connectivity index (χ0v) is 18.4. The largest absolute Gasteiger partial charge is 0.456 e. The fourth-order valence-electron chi connectivity index (χ4n) is 5.46.